The van der Waals surface area contributed by atoms with Crippen molar-refractivity contribution in [3.63, 3.8) is 0 Å². The molecule has 15 heavy (non-hydrogen) atoms. The van der Waals surface area contributed by atoms with Crippen LogP contribution in [0.3, 0.4) is 0 Å². The largest absolute Gasteiger partial charge is 0.508 e. The van der Waals surface area contributed by atoms with E-state index in [1.807, 2.05) is 0 Å². The second kappa shape index (κ2) is 2.95. The fourth-order valence-corrected chi connectivity index (χ4v) is 2.02. The summed E-state index contributed by atoms with van der Waals surface area (Å²) in [6, 6.07) is 3.01. The van der Waals surface area contributed by atoms with Gasteiger partial charge >= 0.3 is 0 Å². The number of fused-ring (bicyclic) bond motifs is 1. The minimum absolute atomic E-state index is 0.106. The number of hydrogen-bond acceptors (Lipinski definition) is 3. The number of rotatable bonds is 0. The highest BCUT2D eigenvalue weighted by Crippen LogP contribution is 2.50. The van der Waals surface area contributed by atoms with Crippen LogP contribution in [0.2, 0.25) is 5.02 Å². The molecule has 4 heteroatoms. The monoisotopic (exact) mass is 226 g/mol. The Morgan fingerprint density at radius 2 is 1.93 bits per heavy atom. The Bertz CT molecular complexity index is 413. The molecule has 1 saturated carbocycles. The molecule has 0 saturated heterocycles. The summed E-state index contributed by atoms with van der Waals surface area (Å²) in [4.78, 5) is 0. The van der Waals surface area contributed by atoms with Gasteiger partial charge < -0.3 is 14.6 Å². The summed E-state index contributed by atoms with van der Waals surface area (Å²) in [6.07, 6.45) is 2.29. The molecule has 0 amide bonds. The number of aromatic hydroxyl groups is 1. The molecule has 1 fully saturated rings. The Hall–Kier alpha value is -1.09. The third-order valence-corrected chi connectivity index (χ3v) is 3.29. The molecule has 1 spiro atoms. The van der Waals surface area contributed by atoms with Gasteiger partial charge in [-0.3, -0.25) is 0 Å². The lowest BCUT2D eigenvalue weighted by molar-refractivity contribution is 0.197. The molecule has 0 radical (unpaired) electrons. The fraction of sp³-hybridized carbons (Fsp3) is 0.455. The van der Waals surface area contributed by atoms with E-state index in [0.29, 0.717) is 29.7 Å². The second-order valence-corrected chi connectivity index (χ2v) is 4.74. The van der Waals surface area contributed by atoms with E-state index in [9.17, 15) is 5.11 Å². The predicted molar refractivity (Wildman–Crippen MR) is 55.8 cm³/mol. The molecule has 80 valence electrons. The third-order valence-electron chi connectivity index (χ3n) is 3.01. The van der Waals surface area contributed by atoms with Crippen LogP contribution in [-0.4, -0.2) is 18.3 Å². The minimum atomic E-state index is 0.106. The maximum atomic E-state index is 9.39. The van der Waals surface area contributed by atoms with E-state index in [1.54, 1.807) is 6.07 Å². The summed E-state index contributed by atoms with van der Waals surface area (Å²) in [5.41, 5.74) is 0.192. The molecule has 0 aromatic heterocycles. The zero-order valence-corrected chi connectivity index (χ0v) is 8.88. The van der Waals surface area contributed by atoms with Crippen molar-refractivity contribution in [3.8, 4) is 17.2 Å². The molecule has 1 aromatic rings. The van der Waals surface area contributed by atoms with Crippen molar-refractivity contribution in [1.29, 1.82) is 0 Å². The summed E-state index contributed by atoms with van der Waals surface area (Å²) in [6.45, 7) is 1.31. The molecular formula is C11H11ClO3. The molecular weight excluding hydrogens is 216 g/mol. The van der Waals surface area contributed by atoms with Crippen LogP contribution >= 0.6 is 11.6 Å². The number of phenols is 1. The Morgan fingerprint density at radius 1 is 1.20 bits per heavy atom. The first-order valence-corrected chi connectivity index (χ1v) is 5.35. The molecule has 1 aromatic carbocycles. The summed E-state index contributed by atoms with van der Waals surface area (Å²) in [7, 11) is 0. The highest BCUT2D eigenvalue weighted by molar-refractivity contribution is 6.32. The van der Waals surface area contributed by atoms with Crippen LogP contribution in [-0.2, 0) is 0 Å². The van der Waals surface area contributed by atoms with Crippen LogP contribution < -0.4 is 9.47 Å². The van der Waals surface area contributed by atoms with Gasteiger partial charge in [-0.25, -0.2) is 0 Å². The van der Waals surface area contributed by atoms with Gasteiger partial charge in [0.15, 0.2) is 11.5 Å². The Morgan fingerprint density at radius 3 is 2.67 bits per heavy atom. The van der Waals surface area contributed by atoms with Gasteiger partial charge in [0.25, 0.3) is 0 Å². The van der Waals surface area contributed by atoms with Gasteiger partial charge in [-0.2, -0.15) is 0 Å². The van der Waals surface area contributed by atoms with Crippen LogP contribution in [0, 0.1) is 5.41 Å². The minimum Gasteiger partial charge on any atom is -0.508 e. The Labute approximate surface area is 92.6 Å². The standard InChI is InChI=1S/C11H11ClO3/c12-8-3-7(13)4-9-10(8)15-6-11(1-2-11)5-14-9/h3-4,13H,1-2,5-6H2. The van der Waals surface area contributed by atoms with Crippen molar-refractivity contribution in [2.75, 3.05) is 13.2 Å². The van der Waals surface area contributed by atoms with Gasteiger partial charge in [0.05, 0.1) is 18.2 Å². The van der Waals surface area contributed by atoms with Crippen molar-refractivity contribution < 1.29 is 14.6 Å². The lowest BCUT2D eigenvalue weighted by atomic mass is 10.1. The molecule has 0 bridgehead atoms. The average molecular weight is 227 g/mol. The normalized spacial score (nSPS) is 21.1. The van der Waals surface area contributed by atoms with Gasteiger partial charge in [-0.15, -0.1) is 0 Å². The SMILES string of the molecule is Oc1cc(Cl)c2c(c1)OCC1(CC1)CO2. The quantitative estimate of drug-likeness (QED) is 0.739. The van der Waals surface area contributed by atoms with Gasteiger partial charge in [0.2, 0.25) is 0 Å². The Balaban J connectivity index is 1.99. The van der Waals surface area contributed by atoms with E-state index >= 15 is 0 Å². The van der Waals surface area contributed by atoms with Gasteiger partial charge in [0.1, 0.15) is 5.75 Å². The topological polar surface area (TPSA) is 38.7 Å². The van der Waals surface area contributed by atoms with Crippen molar-refractivity contribution >= 4 is 11.6 Å². The first-order valence-electron chi connectivity index (χ1n) is 4.97. The smallest absolute Gasteiger partial charge is 0.180 e. The summed E-state index contributed by atoms with van der Waals surface area (Å²) in [5, 5.41) is 9.79. The van der Waals surface area contributed by atoms with Gasteiger partial charge in [-0.1, -0.05) is 11.6 Å². The van der Waals surface area contributed by atoms with Crippen LogP contribution in [0.5, 0.6) is 17.2 Å². The van der Waals surface area contributed by atoms with E-state index in [1.165, 1.54) is 6.07 Å². The maximum Gasteiger partial charge on any atom is 0.180 e. The van der Waals surface area contributed by atoms with Crippen molar-refractivity contribution in [2.24, 2.45) is 5.41 Å². The highest BCUT2D eigenvalue weighted by Gasteiger charge is 2.46. The molecule has 1 aliphatic carbocycles. The summed E-state index contributed by atoms with van der Waals surface area (Å²) >= 11 is 5.97. The average Bonchev–Trinajstić information content (AvgIpc) is 2.96. The zero-order chi connectivity index (χ0) is 10.5. The predicted octanol–water partition coefficient (Wildman–Crippen LogP) is 2.60. The third kappa shape index (κ3) is 1.51. The van der Waals surface area contributed by atoms with E-state index in [4.69, 9.17) is 21.1 Å². The lowest BCUT2D eigenvalue weighted by Gasteiger charge is -2.09. The molecule has 1 heterocycles. The molecule has 0 atom stereocenters. The Kier molecular flexibility index (Phi) is 1.80. The molecule has 3 nitrogen and oxygen atoms in total. The lowest BCUT2D eigenvalue weighted by Crippen LogP contribution is -2.17. The molecule has 1 N–H and O–H groups in total. The maximum absolute atomic E-state index is 9.39. The number of benzene rings is 1. The molecule has 1 aliphatic heterocycles. The van der Waals surface area contributed by atoms with E-state index < -0.39 is 0 Å². The van der Waals surface area contributed by atoms with Crippen molar-refractivity contribution in [1.82, 2.24) is 0 Å². The molecule has 3 rings (SSSR count). The molecule has 2 aliphatic rings. The zero-order valence-electron chi connectivity index (χ0n) is 8.12. The van der Waals surface area contributed by atoms with Gasteiger partial charge in [-0.05, 0) is 12.8 Å². The van der Waals surface area contributed by atoms with Crippen molar-refractivity contribution in [3.05, 3.63) is 17.2 Å². The number of halogens is 1. The second-order valence-electron chi connectivity index (χ2n) is 4.33. The highest BCUT2D eigenvalue weighted by atomic mass is 35.5. The van der Waals surface area contributed by atoms with Crippen LogP contribution in [0.25, 0.3) is 0 Å². The fourth-order valence-electron chi connectivity index (χ4n) is 1.77. The summed E-state index contributed by atoms with van der Waals surface area (Å²) in [5.74, 6) is 1.20. The van der Waals surface area contributed by atoms with E-state index in [-0.39, 0.29) is 11.2 Å². The van der Waals surface area contributed by atoms with E-state index in [2.05, 4.69) is 0 Å². The number of ether oxygens (including phenoxy) is 2. The number of phenolic OH excluding ortho intramolecular Hbond substituents is 1. The first kappa shape index (κ1) is 9.16. The summed E-state index contributed by atoms with van der Waals surface area (Å²) < 4.78 is 11.3. The van der Waals surface area contributed by atoms with Gasteiger partial charge in [0, 0.05) is 17.5 Å². The molecule has 0 unspecified atom stereocenters. The first-order chi connectivity index (χ1) is 7.19. The van der Waals surface area contributed by atoms with Crippen LogP contribution in [0.15, 0.2) is 12.1 Å². The van der Waals surface area contributed by atoms with Crippen LogP contribution in [0.1, 0.15) is 12.8 Å². The van der Waals surface area contributed by atoms with Crippen molar-refractivity contribution in [2.45, 2.75) is 12.8 Å². The van der Waals surface area contributed by atoms with Crippen LogP contribution in [0.4, 0.5) is 0 Å². The number of hydrogen-bond donors (Lipinski definition) is 1. The van der Waals surface area contributed by atoms with E-state index in [0.717, 1.165) is 12.8 Å².